The molecule has 2 aromatic rings. The van der Waals surface area contributed by atoms with E-state index < -0.39 is 0 Å². The number of ether oxygens (including phenoxy) is 1. The second-order valence-electron chi connectivity index (χ2n) is 4.62. The number of methoxy groups -OCH3 is 1. The molecule has 0 unspecified atom stereocenters. The predicted octanol–water partition coefficient (Wildman–Crippen LogP) is 3.82. The minimum Gasteiger partial charge on any atom is -0.497 e. The summed E-state index contributed by atoms with van der Waals surface area (Å²) in [5, 5.41) is 5.94. The van der Waals surface area contributed by atoms with Crippen molar-refractivity contribution in [3.63, 3.8) is 0 Å². The Hall–Kier alpha value is -2.01. The molecule has 0 atom stereocenters. The van der Waals surface area contributed by atoms with Gasteiger partial charge in [0.1, 0.15) is 5.75 Å². The van der Waals surface area contributed by atoms with Gasteiger partial charge in [0.25, 0.3) is 0 Å². The Labute approximate surface area is 132 Å². The maximum atomic E-state index is 11.9. The maximum absolute atomic E-state index is 11.9. The molecule has 0 fully saturated rings. The van der Waals surface area contributed by atoms with Gasteiger partial charge in [-0.15, -0.1) is 0 Å². The molecule has 1 amide bonds. The third-order valence-electron chi connectivity index (χ3n) is 2.91. The van der Waals surface area contributed by atoms with Crippen molar-refractivity contribution in [2.24, 2.45) is 0 Å². The van der Waals surface area contributed by atoms with Crippen LogP contribution in [-0.2, 0) is 4.79 Å². The first-order valence-corrected chi connectivity index (χ1v) is 7.31. The molecular weight excluding hydrogens is 332 g/mol. The number of benzene rings is 2. The fourth-order valence-corrected chi connectivity index (χ4v) is 2.26. The van der Waals surface area contributed by atoms with E-state index in [1.54, 1.807) is 7.11 Å². The topological polar surface area (TPSA) is 50.4 Å². The molecule has 0 aliphatic rings. The molecule has 2 aromatic carbocycles. The molecule has 0 aliphatic heterocycles. The average Bonchev–Trinajstić information content (AvgIpc) is 2.46. The molecular formula is C16H17BrN2O2. The molecule has 0 saturated heterocycles. The monoisotopic (exact) mass is 348 g/mol. The van der Waals surface area contributed by atoms with Gasteiger partial charge in [0.15, 0.2) is 0 Å². The number of amides is 1. The van der Waals surface area contributed by atoms with Crippen molar-refractivity contribution in [2.45, 2.75) is 6.92 Å². The van der Waals surface area contributed by atoms with Crippen LogP contribution < -0.4 is 15.4 Å². The lowest BCUT2D eigenvalue weighted by Gasteiger charge is -2.11. The van der Waals surface area contributed by atoms with Gasteiger partial charge >= 0.3 is 0 Å². The molecule has 0 saturated carbocycles. The Morgan fingerprint density at radius 3 is 2.76 bits per heavy atom. The van der Waals surface area contributed by atoms with E-state index in [2.05, 4.69) is 26.6 Å². The lowest BCUT2D eigenvalue weighted by atomic mass is 10.2. The molecule has 0 radical (unpaired) electrons. The first kappa shape index (κ1) is 15.4. The van der Waals surface area contributed by atoms with Gasteiger partial charge in [-0.1, -0.05) is 12.1 Å². The van der Waals surface area contributed by atoms with Gasteiger partial charge in [0.05, 0.1) is 19.3 Å². The summed E-state index contributed by atoms with van der Waals surface area (Å²) in [6.07, 6.45) is 0. The van der Waals surface area contributed by atoms with Crippen LogP contribution in [0.2, 0.25) is 0 Å². The lowest BCUT2D eigenvalue weighted by Crippen LogP contribution is -2.21. The minimum absolute atomic E-state index is 0.102. The Bertz CT molecular complexity index is 644. The van der Waals surface area contributed by atoms with Crippen molar-refractivity contribution in [1.82, 2.24) is 0 Å². The number of carbonyl (C=O) groups is 1. The molecule has 5 heteroatoms. The van der Waals surface area contributed by atoms with E-state index in [1.807, 2.05) is 49.4 Å². The average molecular weight is 349 g/mol. The summed E-state index contributed by atoms with van der Waals surface area (Å²) in [6, 6.07) is 13.3. The van der Waals surface area contributed by atoms with Crippen LogP contribution in [0.15, 0.2) is 46.9 Å². The number of nitrogens with one attached hydrogen (secondary N) is 2. The van der Waals surface area contributed by atoms with Gasteiger partial charge in [-0.2, -0.15) is 0 Å². The number of halogens is 1. The second kappa shape index (κ2) is 7.13. The van der Waals surface area contributed by atoms with Gasteiger partial charge in [-0.3, -0.25) is 4.79 Å². The van der Waals surface area contributed by atoms with Crippen LogP contribution in [-0.4, -0.2) is 19.6 Å². The van der Waals surface area contributed by atoms with Crippen LogP contribution in [0.5, 0.6) is 5.75 Å². The highest BCUT2D eigenvalue weighted by atomic mass is 79.9. The zero-order chi connectivity index (χ0) is 15.2. The summed E-state index contributed by atoms with van der Waals surface area (Å²) in [5.41, 5.74) is 2.72. The van der Waals surface area contributed by atoms with Gasteiger partial charge in [0.2, 0.25) is 5.91 Å². The first-order chi connectivity index (χ1) is 10.1. The van der Waals surface area contributed by atoms with Crippen molar-refractivity contribution in [3.8, 4) is 5.75 Å². The highest BCUT2D eigenvalue weighted by molar-refractivity contribution is 9.10. The largest absolute Gasteiger partial charge is 0.497 e. The molecule has 2 N–H and O–H groups in total. The fraction of sp³-hybridized carbons (Fsp3) is 0.188. The van der Waals surface area contributed by atoms with Crippen molar-refractivity contribution < 1.29 is 9.53 Å². The van der Waals surface area contributed by atoms with Crippen LogP contribution in [0.3, 0.4) is 0 Å². The van der Waals surface area contributed by atoms with E-state index in [-0.39, 0.29) is 12.5 Å². The molecule has 0 aromatic heterocycles. The fourth-order valence-electron chi connectivity index (χ4n) is 1.87. The van der Waals surface area contributed by atoms with E-state index in [4.69, 9.17) is 4.74 Å². The van der Waals surface area contributed by atoms with Crippen LogP contribution in [0, 0.1) is 6.92 Å². The van der Waals surface area contributed by atoms with Crippen LogP contribution in [0.1, 0.15) is 5.56 Å². The molecule has 110 valence electrons. The normalized spacial score (nSPS) is 10.0. The van der Waals surface area contributed by atoms with Crippen LogP contribution in [0.25, 0.3) is 0 Å². The number of anilines is 2. The zero-order valence-electron chi connectivity index (χ0n) is 11.9. The number of hydrogen-bond acceptors (Lipinski definition) is 3. The Kier molecular flexibility index (Phi) is 5.22. The van der Waals surface area contributed by atoms with E-state index in [0.717, 1.165) is 27.2 Å². The SMILES string of the molecule is COc1ccc(Br)c(NCC(=O)Nc2cccc(C)c2)c1. The second-order valence-corrected chi connectivity index (χ2v) is 5.47. The standard InChI is InChI=1S/C16H17BrN2O2/c1-11-4-3-5-12(8-11)19-16(20)10-18-15-9-13(21-2)6-7-14(15)17/h3-9,18H,10H2,1-2H3,(H,19,20). The van der Waals surface area contributed by atoms with Crippen molar-refractivity contribution in [1.29, 1.82) is 0 Å². The Morgan fingerprint density at radius 1 is 1.24 bits per heavy atom. The molecule has 2 rings (SSSR count). The molecule has 0 aliphatic carbocycles. The summed E-state index contributed by atoms with van der Waals surface area (Å²) in [5.74, 6) is 0.634. The van der Waals surface area contributed by atoms with Gasteiger partial charge in [0, 0.05) is 16.2 Å². The van der Waals surface area contributed by atoms with Gasteiger partial charge in [-0.05, 0) is 52.7 Å². The maximum Gasteiger partial charge on any atom is 0.243 e. The molecule has 0 heterocycles. The molecule has 0 spiro atoms. The van der Waals surface area contributed by atoms with E-state index in [1.165, 1.54) is 0 Å². The van der Waals surface area contributed by atoms with E-state index >= 15 is 0 Å². The summed E-state index contributed by atoms with van der Waals surface area (Å²) < 4.78 is 6.05. The smallest absolute Gasteiger partial charge is 0.243 e. The Morgan fingerprint density at radius 2 is 2.05 bits per heavy atom. The zero-order valence-corrected chi connectivity index (χ0v) is 13.5. The number of aryl methyl sites for hydroxylation is 1. The molecule has 4 nitrogen and oxygen atoms in total. The summed E-state index contributed by atoms with van der Waals surface area (Å²) in [6.45, 7) is 2.17. The Balaban J connectivity index is 1.95. The third kappa shape index (κ3) is 4.49. The first-order valence-electron chi connectivity index (χ1n) is 6.52. The summed E-state index contributed by atoms with van der Waals surface area (Å²) in [4.78, 5) is 11.9. The highest BCUT2D eigenvalue weighted by Gasteiger charge is 2.06. The van der Waals surface area contributed by atoms with Crippen molar-refractivity contribution in [3.05, 3.63) is 52.5 Å². The quantitative estimate of drug-likeness (QED) is 0.863. The van der Waals surface area contributed by atoms with Crippen molar-refractivity contribution in [2.75, 3.05) is 24.3 Å². The summed E-state index contributed by atoms with van der Waals surface area (Å²) in [7, 11) is 1.61. The number of carbonyl (C=O) groups excluding carboxylic acids is 1. The van der Waals surface area contributed by atoms with Gasteiger partial charge in [-0.25, -0.2) is 0 Å². The summed E-state index contributed by atoms with van der Waals surface area (Å²) >= 11 is 3.44. The lowest BCUT2D eigenvalue weighted by molar-refractivity contribution is -0.114. The van der Waals surface area contributed by atoms with Crippen molar-refractivity contribution >= 4 is 33.2 Å². The number of hydrogen-bond donors (Lipinski definition) is 2. The molecule has 21 heavy (non-hydrogen) atoms. The highest BCUT2D eigenvalue weighted by Crippen LogP contribution is 2.26. The van der Waals surface area contributed by atoms with Gasteiger partial charge < -0.3 is 15.4 Å². The van der Waals surface area contributed by atoms with E-state index in [0.29, 0.717) is 0 Å². The van der Waals surface area contributed by atoms with Crippen LogP contribution >= 0.6 is 15.9 Å². The van der Waals surface area contributed by atoms with E-state index in [9.17, 15) is 4.79 Å². The third-order valence-corrected chi connectivity index (χ3v) is 3.61. The minimum atomic E-state index is -0.102. The number of rotatable bonds is 5. The molecule has 0 bridgehead atoms. The predicted molar refractivity (Wildman–Crippen MR) is 89.0 cm³/mol. The van der Waals surface area contributed by atoms with Crippen LogP contribution in [0.4, 0.5) is 11.4 Å².